The number of hydrogen-bond donors (Lipinski definition) is 2. The number of alkyl halides is 4. The Morgan fingerprint density at radius 2 is 0.808 bits per heavy atom. The molecule has 7 nitrogen and oxygen atoms in total. The van der Waals surface area contributed by atoms with Crippen LogP contribution in [0.2, 0.25) is 0 Å². The van der Waals surface area contributed by atoms with E-state index in [1.54, 1.807) is 60.3 Å². The van der Waals surface area contributed by atoms with Crippen LogP contribution in [0.5, 0.6) is 23.0 Å². The topological polar surface area (TPSA) is 94.5 Å². The molecule has 0 saturated heterocycles. The Morgan fingerprint density at radius 1 is 0.519 bits per heavy atom. The summed E-state index contributed by atoms with van der Waals surface area (Å²) in [7, 11) is 0. The summed E-state index contributed by atoms with van der Waals surface area (Å²) in [6.45, 7) is 5.53. The van der Waals surface area contributed by atoms with E-state index in [-0.39, 0.29) is 44.1 Å². The smallest absolute Gasteiger partial charge is 0.193 e. The Labute approximate surface area is 332 Å². The number of ketones is 1. The predicted octanol–water partition coefficient (Wildman–Crippen LogP) is 9.86. The van der Waals surface area contributed by atoms with E-state index in [2.05, 4.69) is 6.92 Å². The van der Waals surface area contributed by atoms with Crippen molar-refractivity contribution in [3.8, 4) is 23.0 Å². The van der Waals surface area contributed by atoms with Gasteiger partial charge in [0.05, 0.1) is 25.0 Å². The van der Waals surface area contributed by atoms with Gasteiger partial charge in [0.25, 0.3) is 0 Å². The van der Waals surface area contributed by atoms with Crippen LogP contribution in [-0.2, 0) is 0 Å². The maximum atomic E-state index is 12.5. The Hall–Kier alpha value is -2.82. The molecule has 0 fully saturated rings. The van der Waals surface area contributed by atoms with Crippen molar-refractivity contribution in [2.24, 2.45) is 11.8 Å². The summed E-state index contributed by atoms with van der Waals surface area (Å²) in [6, 6.07) is 29.5. The molecular weight excluding hydrogens is 766 g/mol. The first kappa shape index (κ1) is 45.3. The molecule has 0 heterocycles. The third-order valence-corrected chi connectivity index (χ3v) is 9.73. The lowest BCUT2D eigenvalue weighted by Crippen LogP contribution is -2.18. The monoisotopic (exact) mass is 812 g/mol. The molecule has 2 unspecified atom stereocenters. The van der Waals surface area contributed by atoms with E-state index in [1.165, 1.54) is 0 Å². The largest absolute Gasteiger partial charge is 0.493 e. The quantitative estimate of drug-likeness (QED) is 0.0673. The van der Waals surface area contributed by atoms with Crippen molar-refractivity contribution < 1.29 is 34.0 Å². The third kappa shape index (κ3) is 16.9. The lowest BCUT2D eigenvalue weighted by atomic mass is 10.0. The number of halogens is 4. The van der Waals surface area contributed by atoms with Crippen LogP contribution in [-0.4, -0.2) is 78.2 Å². The zero-order valence-corrected chi connectivity index (χ0v) is 32.4. The van der Waals surface area contributed by atoms with Crippen molar-refractivity contribution in [2.75, 3.05) is 49.9 Å². The highest BCUT2D eigenvalue weighted by molar-refractivity contribution is 7.99. The van der Waals surface area contributed by atoms with Gasteiger partial charge in [-0.25, -0.2) is 0 Å². The summed E-state index contributed by atoms with van der Waals surface area (Å²) in [4.78, 5) is 14.8. The van der Waals surface area contributed by atoms with E-state index >= 15 is 0 Å². The minimum atomic E-state index is -0.717. The highest BCUT2D eigenvalue weighted by atomic mass is 35.5. The number of aliphatic hydroxyl groups is 2. The Morgan fingerprint density at radius 3 is 1.10 bits per heavy atom. The van der Waals surface area contributed by atoms with Gasteiger partial charge < -0.3 is 29.2 Å². The van der Waals surface area contributed by atoms with Gasteiger partial charge in [-0.15, -0.1) is 46.4 Å². The Balaban J connectivity index is 0.000000354. The molecule has 0 bridgehead atoms. The number of carbonyl (C=O) groups is 1. The molecular formula is C40H48Cl4O7S. The molecule has 0 aliphatic rings. The molecule has 4 atom stereocenters. The van der Waals surface area contributed by atoms with Crippen LogP contribution >= 0.6 is 58.2 Å². The van der Waals surface area contributed by atoms with Crippen molar-refractivity contribution >= 4 is 63.9 Å². The maximum Gasteiger partial charge on any atom is 0.193 e. The first-order valence-corrected chi connectivity index (χ1v) is 19.3. The number of aliphatic hydroxyl groups excluding tert-OH is 2. The molecule has 0 aliphatic heterocycles. The molecule has 4 rings (SSSR count). The molecule has 4 aromatic rings. The number of rotatable bonds is 20. The summed E-state index contributed by atoms with van der Waals surface area (Å²) < 4.78 is 22.2. The second kappa shape index (κ2) is 25.2. The van der Waals surface area contributed by atoms with Crippen LogP contribution in [0.3, 0.4) is 0 Å². The zero-order valence-electron chi connectivity index (χ0n) is 28.6. The van der Waals surface area contributed by atoms with Gasteiger partial charge in [-0.05, 0) is 97.1 Å². The summed E-state index contributed by atoms with van der Waals surface area (Å²) in [5.41, 5.74) is 1.13. The van der Waals surface area contributed by atoms with Gasteiger partial charge in [-0.3, -0.25) is 4.79 Å². The fourth-order valence-electron chi connectivity index (χ4n) is 3.96. The molecule has 12 heteroatoms. The number of hydrogen-bond acceptors (Lipinski definition) is 8. The molecule has 52 heavy (non-hydrogen) atoms. The molecule has 0 amide bonds. The van der Waals surface area contributed by atoms with Crippen LogP contribution < -0.4 is 18.9 Å². The van der Waals surface area contributed by atoms with Gasteiger partial charge in [0, 0.05) is 44.5 Å². The average molecular weight is 815 g/mol. The average Bonchev–Trinajstić information content (AvgIpc) is 3.18. The summed E-state index contributed by atoms with van der Waals surface area (Å²) in [6.07, 6.45) is -1.37. The molecule has 0 spiro atoms. The highest BCUT2D eigenvalue weighted by Crippen LogP contribution is 2.30. The van der Waals surface area contributed by atoms with Crippen molar-refractivity contribution in [3.63, 3.8) is 0 Å². The second-order valence-corrected chi connectivity index (χ2v) is 14.2. The first-order valence-electron chi connectivity index (χ1n) is 16.4. The van der Waals surface area contributed by atoms with Crippen molar-refractivity contribution in [2.45, 2.75) is 43.3 Å². The van der Waals surface area contributed by atoms with Crippen LogP contribution in [0.1, 0.15) is 37.2 Å². The lowest BCUT2D eigenvalue weighted by molar-refractivity contribution is 0.103. The molecule has 0 radical (unpaired) electrons. The van der Waals surface area contributed by atoms with Gasteiger partial charge in [0.1, 0.15) is 48.4 Å². The molecule has 2 N–H and O–H groups in total. The summed E-state index contributed by atoms with van der Waals surface area (Å²) in [5, 5.41) is 18.8. The van der Waals surface area contributed by atoms with Gasteiger partial charge in [-0.1, -0.05) is 33.0 Å². The summed E-state index contributed by atoms with van der Waals surface area (Å²) in [5.74, 6) is 4.78. The van der Waals surface area contributed by atoms with Gasteiger partial charge in [0.2, 0.25) is 0 Å². The summed E-state index contributed by atoms with van der Waals surface area (Å²) >= 11 is 24.2. The third-order valence-electron chi connectivity index (χ3n) is 6.95. The van der Waals surface area contributed by atoms with Crippen LogP contribution in [0.15, 0.2) is 107 Å². The molecule has 0 aliphatic carbocycles. The first-order chi connectivity index (χ1) is 24.6. The van der Waals surface area contributed by atoms with E-state index in [0.29, 0.717) is 59.3 Å². The SMILES string of the molecule is C.C[C@H](CCl)COc1ccc(C(=O)c2ccc(OCC(O)CCl)cc2)cc1.C[C@H](CCl)COc1ccc(Sc2ccc(OCC(O)CCl)cc2)cc1. The fraction of sp³-hybridized carbons (Fsp3) is 0.375. The fourth-order valence-corrected chi connectivity index (χ4v) is 5.13. The minimum absolute atomic E-state index is 0. The van der Waals surface area contributed by atoms with Crippen molar-refractivity contribution in [1.82, 2.24) is 0 Å². The normalized spacial score (nSPS) is 12.9. The second-order valence-electron chi connectivity index (χ2n) is 11.8. The van der Waals surface area contributed by atoms with E-state index in [0.717, 1.165) is 15.5 Å². The van der Waals surface area contributed by atoms with Gasteiger partial charge in [-0.2, -0.15) is 0 Å². The Kier molecular flexibility index (Phi) is 22.0. The minimum Gasteiger partial charge on any atom is -0.493 e. The van der Waals surface area contributed by atoms with E-state index in [4.69, 9.17) is 65.4 Å². The standard InChI is InChI=1S/C20H22Cl2O4.C19H22Cl2O3S.CH4/c1-14(10-21)12-25-18-6-2-15(3-7-18)20(24)16-4-8-19(9-5-16)26-13-17(23)11-22;1-14(10-20)12-23-16-2-6-18(7-3-16)25-19-8-4-17(5-9-19)24-13-15(22)11-21;/h2-9,14,17,23H,10-13H2,1H3;2-9,14-15,22H,10-13H2,1H3;1H4/t14-,17?;14-,15?;/m11./s1. The van der Waals surface area contributed by atoms with E-state index < -0.39 is 12.2 Å². The van der Waals surface area contributed by atoms with Crippen LogP contribution in [0.4, 0.5) is 0 Å². The zero-order chi connectivity index (χ0) is 37.0. The van der Waals surface area contributed by atoms with Gasteiger partial charge in [0.15, 0.2) is 5.78 Å². The van der Waals surface area contributed by atoms with Crippen LogP contribution in [0, 0.1) is 11.8 Å². The number of benzene rings is 4. The van der Waals surface area contributed by atoms with Gasteiger partial charge >= 0.3 is 0 Å². The van der Waals surface area contributed by atoms with Crippen molar-refractivity contribution in [1.29, 1.82) is 0 Å². The maximum absolute atomic E-state index is 12.5. The molecule has 0 saturated carbocycles. The van der Waals surface area contributed by atoms with Crippen molar-refractivity contribution in [3.05, 3.63) is 108 Å². The molecule has 0 aromatic heterocycles. The lowest BCUT2D eigenvalue weighted by Gasteiger charge is -2.11. The number of carbonyl (C=O) groups excluding carboxylic acids is 1. The Bertz CT molecular complexity index is 1430. The van der Waals surface area contributed by atoms with E-state index in [1.807, 2.05) is 55.5 Å². The number of ether oxygens (including phenoxy) is 4. The molecule has 4 aromatic carbocycles. The predicted molar refractivity (Wildman–Crippen MR) is 215 cm³/mol. The van der Waals surface area contributed by atoms with E-state index in [9.17, 15) is 15.0 Å². The van der Waals surface area contributed by atoms with Crippen LogP contribution in [0.25, 0.3) is 0 Å². The molecule has 284 valence electrons. The highest BCUT2D eigenvalue weighted by Gasteiger charge is 2.11.